The van der Waals surface area contributed by atoms with E-state index in [-0.39, 0.29) is 24.7 Å². The van der Waals surface area contributed by atoms with Gasteiger partial charge >= 0.3 is 0 Å². The van der Waals surface area contributed by atoms with E-state index in [0.29, 0.717) is 62.3 Å². The number of hydrogen-bond donors (Lipinski definition) is 1. The fraction of sp³-hybridized carbons (Fsp3) is 0.185. The summed E-state index contributed by atoms with van der Waals surface area (Å²) in [5.41, 5.74) is 1.82. The number of fused-ring (bicyclic) bond motifs is 2. The van der Waals surface area contributed by atoms with Gasteiger partial charge in [-0.3, -0.25) is 9.59 Å². The van der Waals surface area contributed by atoms with E-state index in [0.717, 1.165) is 0 Å². The zero-order valence-electron chi connectivity index (χ0n) is 19.9. The van der Waals surface area contributed by atoms with Crippen LogP contribution in [0.25, 0.3) is 22.1 Å². The van der Waals surface area contributed by atoms with Crippen molar-refractivity contribution in [1.82, 2.24) is 0 Å². The molecule has 9 heteroatoms. The van der Waals surface area contributed by atoms with Crippen molar-refractivity contribution in [2.24, 2.45) is 0 Å². The van der Waals surface area contributed by atoms with E-state index in [1.54, 1.807) is 68.6 Å². The zero-order chi connectivity index (χ0) is 25.2. The second-order valence-corrected chi connectivity index (χ2v) is 7.99. The molecule has 0 bridgehead atoms. The first-order chi connectivity index (χ1) is 17.5. The molecule has 5 rings (SSSR count). The van der Waals surface area contributed by atoms with Crippen molar-refractivity contribution < 1.29 is 32.9 Å². The number of benzene rings is 3. The number of nitrogens with one attached hydrogen (secondary N) is 1. The Morgan fingerprint density at radius 1 is 0.944 bits per heavy atom. The van der Waals surface area contributed by atoms with Crippen molar-refractivity contribution in [2.75, 3.05) is 32.9 Å². The van der Waals surface area contributed by atoms with E-state index in [1.165, 1.54) is 7.11 Å². The van der Waals surface area contributed by atoms with Crippen LogP contribution in [-0.4, -0.2) is 33.5 Å². The molecule has 4 aromatic rings. The Balaban J connectivity index is 1.34. The first-order valence-corrected chi connectivity index (χ1v) is 11.1. The molecule has 9 nitrogen and oxygen atoms in total. The number of anilines is 1. The summed E-state index contributed by atoms with van der Waals surface area (Å²) >= 11 is 0. The third-order valence-electron chi connectivity index (χ3n) is 5.74. The summed E-state index contributed by atoms with van der Waals surface area (Å²) in [6.07, 6.45) is 0. The second kappa shape index (κ2) is 9.53. The van der Waals surface area contributed by atoms with Crippen molar-refractivity contribution in [3.05, 3.63) is 70.6 Å². The lowest BCUT2D eigenvalue weighted by Gasteiger charge is -2.12. The molecule has 2 heterocycles. The minimum Gasteiger partial charge on any atom is -0.493 e. The van der Waals surface area contributed by atoms with Crippen molar-refractivity contribution in [2.45, 2.75) is 6.92 Å². The molecular formula is C27H23NO8. The first kappa shape index (κ1) is 23.1. The summed E-state index contributed by atoms with van der Waals surface area (Å²) in [5.74, 6) is 2.76. The molecule has 0 radical (unpaired) electrons. The van der Waals surface area contributed by atoms with E-state index >= 15 is 0 Å². The SMILES string of the molecule is COc1ccc(-c2c(C)oc3cc(OCC(=O)Nc4ccc5c(c4)OCO5)ccc3c2=O)cc1OC. The lowest BCUT2D eigenvalue weighted by molar-refractivity contribution is -0.118. The number of amides is 1. The van der Waals surface area contributed by atoms with E-state index in [1.807, 2.05) is 0 Å². The van der Waals surface area contributed by atoms with Crippen LogP contribution in [0.4, 0.5) is 5.69 Å². The summed E-state index contributed by atoms with van der Waals surface area (Å²) in [6.45, 7) is 1.65. The average Bonchev–Trinajstić information content (AvgIpc) is 3.35. The molecule has 3 aromatic carbocycles. The monoisotopic (exact) mass is 489 g/mol. The van der Waals surface area contributed by atoms with Gasteiger partial charge < -0.3 is 33.4 Å². The number of carbonyl (C=O) groups excluding carboxylic acids is 1. The molecule has 184 valence electrons. The molecule has 1 N–H and O–H groups in total. The van der Waals surface area contributed by atoms with Gasteiger partial charge in [0, 0.05) is 17.8 Å². The second-order valence-electron chi connectivity index (χ2n) is 7.99. The van der Waals surface area contributed by atoms with Gasteiger partial charge in [0.1, 0.15) is 17.1 Å². The van der Waals surface area contributed by atoms with Crippen molar-refractivity contribution in [3.63, 3.8) is 0 Å². The molecule has 0 fully saturated rings. The maximum atomic E-state index is 13.3. The van der Waals surface area contributed by atoms with Crippen LogP contribution in [-0.2, 0) is 4.79 Å². The van der Waals surface area contributed by atoms with Crippen LogP contribution in [0.3, 0.4) is 0 Å². The topological polar surface area (TPSA) is 105 Å². The number of ether oxygens (including phenoxy) is 5. The van der Waals surface area contributed by atoms with E-state index in [4.69, 9.17) is 28.1 Å². The Hall–Kier alpha value is -4.66. The van der Waals surface area contributed by atoms with E-state index in [2.05, 4.69) is 5.32 Å². The highest BCUT2D eigenvalue weighted by atomic mass is 16.7. The molecule has 1 aromatic heterocycles. The molecule has 0 saturated heterocycles. The van der Waals surface area contributed by atoms with E-state index in [9.17, 15) is 9.59 Å². The molecule has 0 aliphatic carbocycles. The average molecular weight is 489 g/mol. The number of hydrogen-bond acceptors (Lipinski definition) is 8. The molecule has 0 spiro atoms. The standard InChI is InChI=1S/C27H23NO8/c1-15-26(16-4-8-20(31-2)23(10-16)32-3)27(30)19-7-6-18(12-22(19)36-15)33-13-25(29)28-17-5-9-21-24(11-17)35-14-34-21/h4-12H,13-14H2,1-3H3,(H,28,29). The first-order valence-electron chi connectivity index (χ1n) is 11.1. The van der Waals surface area contributed by atoms with Crippen LogP contribution in [0, 0.1) is 6.92 Å². The predicted octanol–water partition coefficient (Wildman–Crippen LogP) is 4.53. The highest BCUT2D eigenvalue weighted by Gasteiger charge is 2.17. The van der Waals surface area contributed by atoms with Crippen molar-refractivity contribution in [3.8, 4) is 39.9 Å². The normalized spacial score (nSPS) is 11.9. The van der Waals surface area contributed by atoms with Crippen molar-refractivity contribution in [1.29, 1.82) is 0 Å². The molecule has 36 heavy (non-hydrogen) atoms. The Morgan fingerprint density at radius 3 is 2.56 bits per heavy atom. The zero-order valence-corrected chi connectivity index (χ0v) is 19.9. The summed E-state index contributed by atoms with van der Waals surface area (Å²) in [5, 5.41) is 3.14. The van der Waals surface area contributed by atoms with Crippen LogP contribution >= 0.6 is 0 Å². The number of rotatable bonds is 7. The molecule has 0 unspecified atom stereocenters. The van der Waals surface area contributed by atoms with Crippen LogP contribution in [0.1, 0.15) is 5.76 Å². The highest BCUT2D eigenvalue weighted by Crippen LogP contribution is 2.35. The lowest BCUT2D eigenvalue weighted by Crippen LogP contribution is -2.20. The van der Waals surface area contributed by atoms with Crippen LogP contribution < -0.4 is 34.4 Å². The fourth-order valence-electron chi connectivity index (χ4n) is 4.02. The summed E-state index contributed by atoms with van der Waals surface area (Å²) in [7, 11) is 3.09. The highest BCUT2D eigenvalue weighted by molar-refractivity contribution is 5.92. The van der Waals surface area contributed by atoms with Gasteiger partial charge in [-0.15, -0.1) is 0 Å². The molecular weight excluding hydrogens is 466 g/mol. The molecule has 0 saturated carbocycles. The van der Waals surface area contributed by atoms with Crippen molar-refractivity contribution >= 4 is 22.6 Å². The van der Waals surface area contributed by atoms with Gasteiger partial charge in [0.05, 0.1) is 25.2 Å². The van der Waals surface area contributed by atoms with Crippen LogP contribution in [0.15, 0.2) is 63.8 Å². The third-order valence-corrected chi connectivity index (χ3v) is 5.74. The quantitative estimate of drug-likeness (QED) is 0.404. The molecule has 1 aliphatic heterocycles. The van der Waals surface area contributed by atoms with Gasteiger partial charge in [-0.05, 0) is 48.9 Å². The Labute approximate surface area is 206 Å². The Morgan fingerprint density at radius 2 is 1.75 bits per heavy atom. The molecule has 1 aliphatic rings. The minimum absolute atomic E-state index is 0.156. The smallest absolute Gasteiger partial charge is 0.262 e. The van der Waals surface area contributed by atoms with Crippen LogP contribution in [0.2, 0.25) is 0 Å². The minimum atomic E-state index is -0.351. The number of aryl methyl sites for hydroxylation is 1. The Bertz CT molecular complexity index is 1520. The third kappa shape index (κ3) is 4.38. The van der Waals surface area contributed by atoms with E-state index < -0.39 is 0 Å². The van der Waals surface area contributed by atoms with Gasteiger partial charge in [-0.1, -0.05) is 6.07 Å². The Kier molecular flexibility index (Phi) is 6.12. The lowest BCUT2D eigenvalue weighted by atomic mass is 10.0. The maximum absolute atomic E-state index is 13.3. The predicted molar refractivity (Wildman–Crippen MR) is 132 cm³/mol. The molecule has 1 amide bonds. The fourth-order valence-corrected chi connectivity index (χ4v) is 4.02. The van der Waals surface area contributed by atoms with Gasteiger partial charge in [0.25, 0.3) is 5.91 Å². The molecule has 0 atom stereocenters. The largest absolute Gasteiger partial charge is 0.493 e. The van der Waals surface area contributed by atoms with Gasteiger partial charge in [-0.25, -0.2) is 0 Å². The number of carbonyl (C=O) groups is 1. The van der Waals surface area contributed by atoms with Crippen LogP contribution in [0.5, 0.6) is 28.7 Å². The van der Waals surface area contributed by atoms with Gasteiger partial charge in [0.2, 0.25) is 12.2 Å². The summed E-state index contributed by atoms with van der Waals surface area (Å²) in [6, 6.07) is 15.2. The number of methoxy groups -OCH3 is 2. The maximum Gasteiger partial charge on any atom is 0.262 e. The summed E-state index contributed by atoms with van der Waals surface area (Å²) in [4.78, 5) is 25.7. The summed E-state index contributed by atoms with van der Waals surface area (Å²) < 4.78 is 32.8. The van der Waals surface area contributed by atoms with Gasteiger partial charge in [0.15, 0.2) is 29.6 Å². The van der Waals surface area contributed by atoms with Gasteiger partial charge in [-0.2, -0.15) is 0 Å².